The van der Waals surface area contributed by atoms with Gasteiger partial charge >= 0.3 is 0 Å². The number of benzene rings is 1. The molecule has 4 rings (SSSR count). The lowest BCUT2D eigenvalue weighted by Gasteiger charge is -2.32. The van der Waals surface area contributed by atoms with Crippen molar-refractivity contribution < 1.29 is 0 Å². The molecule has 26 heavy (non-hydrogen) atoms. The normalized spacial score (nSPS) is 15.5. The third-order valence-electron chi connectivity index (χ3n) is 4.67. The molecule has 0 spiro atoms. The van der Waals surface area contributed by atoms with Gasteiger partial charge in [-0.05, 0) is 25.8 Å². The van der Waals surface area contributed by atoms with Crippen molar-refractivity contribution in [1.82, 2.24) is 30.5 Å². The second-order valence-electron chi connectivity index (χ2n) is 6.49. The minimum absolute atomic E-state index is 0.587. The molecule has 8 heteroatoms. The summed E-state index contributed by atoms with van der Waals surface area (Å²) >= 11 is 1.68. The van der Waals surface area contributed by atoms with E-state index in [1.54, 1.807) is 17.5 Å². The summed E-state index contributed by atoms with van der Waals surface area (Å²) in [5, 5.41) is 22.3. The van der Waals surface area contributed by atoms with Crippen LogP contribution in [0.25, 0.3) is 10.6 Å². The number of anilines is 1. The number of rotatable bonds is 7. The Morgan fingerprint density at radius 1 is 1.12 bits per heavy atom. The third-order valence-corrected chi connectivity index (χ3v) is 5.70. The summed E-state index contributed by atoms with van der Waals surface area (Å²) < 4.78 is 1.88. The summed E-state index contributed by atoms with van der Waals surface area (Å²) in [5.74, 6) is 0. The number of nitrogens with zero attached hydrogens (tertiary/aromatic N) is 6. The van der Waals surface area contributed by atoms with Gasteiger partial charge in [0.25, 0.3) is 0 Å². The Morgan fingerprint density at radius 2 is 1.96 bits per heavy atom. The van der Waals surface area contributed by atoms with Crippen molar-refractivity contribution in [3.63, 3.8) is 0 Å². The van der Waals surface area contributed by atoms with Gasteiger partial charge in [-0.3, -0.25) is 4.68 Å². The van der Waals surface area contributed by atoms with Crippen molar-refractivity contribution in [3.05, 3.63) is 42.7 Å². The molecule has 1 N–H and O–H groups in total. The van der Waals surface area contributed by atoms with Gasteiger partial charge in [0.05, 0.1) is 6.20 Å². The SMILES string of the molecule is c1ccc(-c2nnc(N3CCC(NCCCn4ccnn4)CC3)s2)cc1. The Hall–Kier alpha value is -2.32. The average Bonchev–Trinajstić information content (AvgIpc) is 3.39. The van der Waals surface area contributed by atoms with Crippen molar-refractivity contribution in [1.29, 1.82) is 0 Å². The van der Waals surface area contributed by atoms with E-state index < -0.39 is 0 Å². The molecule has 0 amide bonds. The van der Waals surface area contributed by atoms with Gasteiger partial charge in [0.15, 0.2) is 0 Å². The molecule has 1 fully saturated rings. The topological polar surface area (TPSA) is 71.8 Å². The lowest BCUT2D eigenvalue weighted by Crippen LogP contribution is -2.43. The molecule has 136 valence electrons. The Kier molecular flexibility index (Phi) is 5.51. The van der Waals surface area contributed by atoms with E-state index in [1.165, 1.54) is 0 Å². The van der Waals surface area contributed by atoms with Gasteiger partial charge in [-0.2, -0.15) is 0 Å². The predicted molar refractivity (Wildman–Crippen MR) is 103 cm³/mol. The second kappa shape index (κ2) is 8.37. The van der Waals surface area contributed by atoms with E-state index in [4.69, 9.17) is 0 Å². The number of hydrogen-bond donors (Lipinski definition) is 1. The molecule has 7 nitrogen and oxygen atoms in total. The minimum atomic E-state index is 0.587. The zero-order chi connectivity index (χ0) is 17.6. The highest BCUT2D eigenvalue weighted by molar-refractivity contribution is 7.18. The van der Waals surface area contributed by atoms with Crippen molar-refractivity contribution >= 4 is 16.5 Å². The molecule has 0 radical (unpaired) electrons. The molecular weight excluding hydrogens is 346 g/mol. The lowest BCUT2D eigenvalue weighted by atomic mass is 10.1. The van der Waals surface area contributed by atoms with Gasteiger partial charge in [-0.1, -0.05) is 46.9 Å². The molecule has 3 aromatic rings. The van der Waals surface area contributed by atoms with Crippen LogP contribution in [0.1, 0.15) is 19.3 Å². The maximum absolute atomic E-state index is 4.40. The van der Waals surface area contributed by atoms with Gasteiger partial charge in [0, 0.05) is 37.4 Å². The molecular formula is C18H23N7S. The number of hydrogen-bond acceptors (Lipinski definition) is 7. The fraction of sp³-hybridized carbons (Fsp3) is 0.444. The summed E-state index contributed by atoms with van der Waals surface area (Å²) in [5.41, 5.74) is 1.14. The van der Waals surface area contributed by atoms with Crippen LogP contribution in [0, 0.1) is 0 Å². The second-order valence-corrected chi connectivity index (χ2v) is 7.45. The first kappa shape index (κ1) is 17.1. The summed E-state index contributed by atoms with van der Waals surface area (Å²) in [7, 11) is 0. The Morgan fingerprint density at radius 3 is 2.73 bits per heavy atom. The van der Waals surface area contributed by atoms with Gasteiger partial charge in [0.2, 0.25) is 5.13 Å². The van der Waals surface area contributed by atoms with E-state index in [0.29, 0.717) is 6.04 Å². The molecule has 1 aromatic carbocycles. The molecule has 1 aliphatic rings. The highest BCUT2D eigenvalue weighted by Crippen LogP contribution is 2.29. The van der Waals surface area contributed by atoms with Crippen LogP contribution in [0.3, 0.4) is 0 Å². The monoisotopic (exact) mass is 369 g/mol. The first-order valence-electron chi connectivity index (χ1n) is 9.10. The van der Waals surface area contributed by atoms with Crippen molar-refractivity contribution in [2.24, 2.45) is 0 Å². The summed E-state index contributed by atoms with van der Waals surface area (Å²) in [4.78, 5) is 2.36. The van der Waals surface area contributed by atoms with Crippen LogP contribution in [-0.2, 0) is 6.54 Å². The summed E-state index contributed by atoms with van der Waals surface area (Å²) in [6, 6.07) is 10.9. The highest BCUT2D eigenvalue weighted by Gasteiger charge is 2.21. The lowest BCUT2D eigenvalue weighted by molar-refractivity contribution is 0.403. The Bertz CT molecular complexity index is 779. The Labute approximate surface area is 157 Å². The van der Waals surface area contributed by atoms with Gasteiger partial charge in [-0.15, -0.1) is 15.3 Å². The fourth-order valence-electron chi connectivity index (χ4n) is 3.21. The van der Waals surface area contributed by atoms with Crippen molar-refractivity contribution in [2.45, 2.75) is 31.8 Å². The molecule has 0 atom stereocenters. The third kappa shape index (κ3) is 4.25. The van der Waals surface area contributed by atoms with Gasteiger partial charge < -0.3 is 10.2 Å². The van der Waals surface area contributed by atoms with Gasteiger partial charge in [-0.25, -0.2) is 0 Å². The van der Waals surface area contributed by atoms with Crippen LogP contribution in [0.2, 0.25) is 0 Å². The smallest absolute Gasteiger partial charge is 0.208 e. The van der Waals surface area contributed by atoms with E-state index in [0.717, 1.165) is 61.1 Å². The molecule has 2 aromatic heterocycles. The molecule has 0 saturated carbocycles. The molecule has 1 saturated heterocycles. The molecule has 0 unspecified atom stereocenters. The number of piperidine rings is 1. The largest absolute Gasteiger partial charge is 0.347 e. The van der Waals surface area contributed by atoms with E-state index in [2.05, 4.69) is 42.9 Å². The number of nitrogens with one attached hydrogen (secondary N) is 1. The van der Waals surface area contributed by atoms with Crippen LogP contribution < -0.4 is 10.2 Å². The zero-order valence-corrected chi connectivity index (χ0v) is 15.5. The molecule has 0 bridgehead atoms. The first-order valence-corrected chi connectivity index (χ1v) is 9.91. The van der Waals surface area contributed by atoms with E-state index in [-0.39, 0.29) is 0 Å². The zero-order valence-electron chi connectivity index (χ0n) is 14.7. The highest BCUT2D eigenvalue weighted by atomic mass is 32.1. The first-order chi connectivity index (χ1) is 12.9. The van der Waals surface area contributed by atoms with E-state index in [1.807, 2.05) is 29.1 Å². The predicted octanol–water partition coefficient (Wildman–Crippen LogP) is 2.45. The quantitative estimate of drug-likeness (QED) is 0.645. The van der Waals surface area contributed by atoms with Gasteiger partial charge in [0.1, 0.15) is 5.01 Å². The minimum Gasteiger partial charge on any atom is -0.347 e. The summed E-state index contributed by atoms with van der Waals surface area (Å²) in [6.45, 7) is 3.99. The fourth-order valence-corrected chi connectivity index (χ4v) is 4.12. The van der Waals surface area contributed by atoms with Crippen LogP contribution in [0.15, 0.2) is 42.7 Å². The molecule has 3 heterocycles. The van der Waals surface area contributed by atoms with E-state index >= 15 is 0 Å². The maximum Gasteiger partial charge on any atom is 0.208 e. The van der Waals surface area contributed by atoms with Crippen LogP contribution in [0.4, 0.5) is 5.13 Å². The number of aromatic nitrogens is 5. The average molecular weight is 369 g/mol. The number of aryl methyl sites for hydroxylation is 1. The van der Waals surface area contributed by atoms with Crippen molar-refractivity contribution in [3.8, 4) is 10.6 Å². The summed E-state index contributed by atoms with van der Waals surface area (Å²) in [6.07, 6.45) is 6.98. The van der Waals surface area contributed by atoms with Crippen molar-refractivity contribution in [2.75, 3.05) is 24.5 Å². The maximum atomic E-state index is 4.40. The van der Waals surface area contributed by atoms with Crippen LogP contribution in [-0.4, -0.2) is 50.9 Å². The van der Waals surface area contributed by atoms with E-state index in [9.17, 15) is 0 Å². The molecule has 0 aliphatic carbocycles. The molecule has 1 aliphatic heterocycles. The Balaban J connectivity index is 1.22. The van der Waals surface area contributed by atoms with Crippen LogP contribution in [0.5, 0.6) is 0 Å². The van der Waals surface area contributed by atoms with Crippen LogP contribution >= 0.6 is 11.3 Å². The standard InChI is InChI=1S/C18H23N7S/c1-2-5-15(6-3-1)17-21-22-18(26-17)24-12-7-16(8-13-24)19-9-4-11-25-14-10-20-23-25/h1-3,5-6,10,14,16,19H,4,7-9,11-13H2.